The van der Waals surface area contributed by atoms with Gasteiger partial charge in [0.1, 0.15) is 5.54 Å². The third-order valence-electron chi connectivity index (χ3n) is 2.07. The second kappa shape index (κ2) is 3.86. The number of aliphatic carboxylic acids is 1. The Balaban J connectivity index is 2.91. The van der Waals surface area contributed by atoms with Gasteiger partial charge in [-0.25, -0.2) is 4.39 Å². The standard InChI is InChI=1S/C10H12FNO3/c1-10(12,9(14)15)5-6-2-3-8(13)7(11)4-6/h2-4,13H,5,12H2,1H3,(H,14,15)/i11-1. The lowest BCUT2D eigenvalue weighted by Crippen LogP contribution is -2.46. The minimum absolute atomic E-state index is 0.000463. The van der Waals surface area contributed by atoms with Crippen LogP contribution in [0.2, 0.25) is 0 Å². The van der Waals surface area contributed by atoms with E-state index in [1.165, 1.54) is 19.1 Å². The first-order valence-electron chi connectivity index (χ1n) is 4.32. The van der Waals surface area contributed by atoms with Crippen molar-refractivity contribution < 1.29 is 19.4 Å². The molecule has 4 N–H and O–H groups in total. The Bertz CT molecular complexity index is 390. The lowest BCUT2D eigenvalue weighted by Gasteiger charge is -2.18. The van der Waals surface area contributed by atoms with Crippen LogP contribution in [0.25, 0.3) is 0 Å². The predicted molar refractivity (Wildman–Crippen MR) is 52.0 cm³/mol. The maximum absolute atomic E-state index is 12.9. The monoisotopic (exact) mass is 212 g/mol. The summed E-state index contributed by atoms with van der Waals surface area (Å²) >= 11 is 0. The molecule has 1 aromatic rings. The summed E-state index contributed by atoms with van der Waals surface area (Å²) in [5, 5.41) is 17.7. The zero-order valence-corrected chi connectivity index (χ0v) is 8.20. The summed E-state index contributed by atoms with van der Waals surface area (Å²) in [6, 6.07) is 3.68. The largest absolute Gasteiger partial charge is 0.505 e. The molecular formula is C10H12FNO3. The first kappa shape index (κ1) is 11.5. The van der Waals surface area contributed by atoms with Crippen LogP contribution in [0, 0.1) is 5.82 Å². The van der Waals surface area contributed by atoms with Crippen molar-refractivity contribution in [2.75, 3.05) is 0 Å². The van der Waals surface area contributed by atoms with E-state index >= 15 is 0 Å². The number of carboxylic acids is 1. The van der Waals surface area contributed by atoms with Crippen molar-refractivity contribution in [3.05, 3.63) is 29.6 Å². The van der Waals surface area contributed by atoms with Gasteiger partial charge in [-0.3, -0.25) is 4.79 Å². The van der Waals surface area contributed by atoms with Crippen LogP contribution in [0.5, 0.6) is 5.75 Å². The number of phenols is 1. The fourth-order valence-corrected chi connectivity index (χ4v) is 1.16. The molecule has 82 valence electrons. The first-order chi connectivity index (χ1) is 6.83. The van der Waals surface area contributed by atoms with Gasteiger partial charge in [0.25, 0.3) is 0 Å². The molecule has 0 fully saturated rings. The molecule has 0 aliphatic carbocycles. The van der Waals surface area contributed by atoms with Gasteiger partial charge in [-0.2, -0.15) is 0 Å². The van der Waals surface area contributed by atoms with Gasteiger partial charge in [0.2, 0.25) is 0 Å². The van der Waals surface area contributed by atoms with Crippen LogP contribution in [-0.2, 0) is 11.2 Å². The van der Waals surface area contributed by atoms with Crippen LogP contribution in [0.15, 0.2) is 18.2 Å². The topological polar surface area (TPSA) is 83.5 Å². The Morgan fingerprint density at radius 2 is 2.20 bits per heavy atom. The van der Waals surface area contributed by atoms with Crippen LogP contribution in [0.3, 0.4) is 0 Å². The van der Waals surface area contributed by atoms with Crippen LogP contribution >= 0.6 is 0 Å². The zero-order chi connectivity index (χ0) is 11.6. The second-order valence-corrected chi connectivity index (χ2v) is 3.69. The quantitative estimate of drug-likeness (QED) is 0.694. The molecule has 15 heavy (non-hydrogen) atoms. The molecule has 0 aliphatic heterocycles. The number of carbonyl (C=O) groups is 1. The van der Waals surface area contributed by atoms with Gasteiger partial charge in [-0.1, -0.05) is 6.07 Å². The summed E-state index contributed by atoms with van der Waals surface area (Å²) in [5.74, 6) is -2.41. The molecule has 1 atom stereocenters. The van der Waals surface area contributed by atoms with Gasteiger partial charge >= 0.3 is 5.97 Å². The molecule has 0 aliphatic rings. The SMILES string of the molecule is CC(N)(Cc1ccc(O)c([18F])c1)C(=O)O. The van der Waals surface area contributed by atoms with Crippen molar-refractivity contribution in [3.63, 3.8) is 0 Å². The number of carboxylic acid groups (broad SMARTS) is 1. The van der Waals surface area contributed by atoms with Gasteiger partial charge in [-0.15, -0.1) is 0 Å². The Morgan fingerprint density at radius 1 is 1.60 bits per heavy atom. The predicted octanol–water partition coefficient (Wildman–Crippen LogP) is 0.876. The van der Waals surface area contributed by atoms with Crippen molar-refractivity contribution in [1.82, 2.24) is 0 Å². The number of rotatable bonds is 3. The summed E-state index contributed by atoms with van der Waals surface area (Å²) in [7, 11) is 0. The van der Waals surface area contributed by atoms with Gasteiger partial charge in [0, 0.05) is 6.42 Å². The fraction of sp³-hybridized carbons (Fsp3) is 0.300. The van der Waals surface area contributed by atoms with Gasteiger partial charge in [-0.05, 0) is 24.6 Å². The molecule has 5 heteroatoms. The average molecular weight is 212 g/mol. The van der Waals surface area contributed by atoms with Crippen molar-refractivity contribution in [1.29, 1.82) is 0 Å². The van der Waals surface area contributed by atoms with Crippen LogP contribution in [0.4, 0.5) is 4.39 Å². The molecule has 0 heterocycles. The van der Waals surface area contributed by atoms with E-state index in [-0.39, 0.29) is 6.42 Å². The molecule has 0 spiro atoms. The van der Waals surface area contributed by atoms with Crippen LogP contribution < -0.4 is 5.73 Å². The highest BCUT2D eigenvalue weighted by molar-refractivity contribution is 5.78. The Morgan fingerprint density at radius 3 is 2.67 bits per heavy atom. The number of aromatic hydroxyl groups is 1. The van der Waals surface area contributed by atoms with Crippen molar-refractivity contribution in [2.45, 2.75) is 18.9 Å². The normalized spacial score (nSPS) is 14.6. The molecular weight excluding hydrogens is 200 g/mol. The maximum Gasteiger partial charge on any atom is 0.323 e. The van der Waals surface area contributed by atoms with Crippen molar-refractivity contribution in [3.8, 4) is 5.75 Å². The van der Waals surface area contributed by atoms with E-state index in [4.69, 9.17) is 15.9 Å². The molecule has 1 rings (SSSR count). The summed E-state index contributed by atoms with van der Waals surface area (Å²) in [4.78, 5) is 10.7. The molecule has 0 amide bonds. The minimum atomic E-state index is -1.44. The van der Waals surface area contributed by atoms with E-state index in [2.05, 4.69) is 0 Å². The Hall–Kier alpha value is -1.62. The molecule has 0 radical (unpaired) electrons. The molecule has 0 aromatic heterocycles. The molecule has 0 saturated carbocycles. The maximum atomic E-state index is 12.9. The molecule has 0 saturated heterocycles. The Labute approximate surface area is 86.1 Å². The van der Waals surface area contributed by atoms with Crippen molar-refractivity contribution >= 4 is 5.97 Å². The third-order valence-corrected chi connectivity index (χ3v) is 2.07. The number of hydrogen-bond donors (Lipinski definition) is 3. The smallest absolute Gasteiger partial charge is 0.323 e. The van der Waals surface area contributed by atoms with Crippen LogP contribution in [0.1, 0.15) is 12.5 Å². The summed E-state index contributed by atoms with van der Waals surface area (Å²) in [6.07, 6.45) is -0.000463. The number of halogens is 1. The van der Waals surface area contributed by atoms with E-state index in [0.717, 1.165) is 6.07 Å². The number of hydrogen-bond acceptors (Lipinski definition) is 3. The molecule has 4 nitrogen and oxygen atoms in total. The second-order valence-electron chi connectivity index (χ2n) is 3.69. The van der Waals surface area contributed by atoms with Gasteiger partial charge in [0.05, 0.1) is 0 Å². The highest BCUT2D eigenvalue weighted by Crippen LogP contribution is 2.19. The highest BCUT2D eigenvalue weighted by atomic mass is 18.2. The van der Waals surface area contributed by atoms with Crippen LogP contribution in [-0.4, -0.2) is 21.7 Å². The van der Waals surface area contributed by atoms with Gasteiger partial charge < -0.3 is 15.9 Å². The van der Waals surface area contributed by atoms with E-state index < -0.39 is 23.1 Å². The fourth-order valence-electron chi connectivity index (χ4n) is 1.16. The number of nitrogens with two attached hydrogens (primary N) is 1. The summed E-state index contributed by atoms with van der Waals surface area (Å²) < 4.78 is 12.9. The molecule has 1 aromatic carbocycles. The first-order valence-corrected chi connectivity index (χ1v) is 4.32. The van der Waals surface area contributed by atoms with E-state index in [0.29, 0.717) is 5.56 Å². The van der Waals surface area contributed by atoms with E-state index in [1.807, 2.05) is 0 Å². The minimum Gasteiger partial charge on any atom is -0.505 e. The lowest BCUT2D eigenvalue weighted by molar-refractivity contribution is -0.142. The lowest BCUT2D eigenvalue weighted by atomic mass is 9.94. The average Bonchev–Trinajstić information content (AvgIpc) is 2.10. The third kappa shape index (κ3) is 2.66. The number of benzene rings is 1. The molecule has 1 unspecified atom stereocenters. The van der Waals surface area contributed by atoms with Gasteiger partial charge in [0.15, 0.2) is 11.6 Å². The number of phenolic OH excluding ortho intramolecular Hbond substituents is 1. The van der Waals surface area contributed by atoms with E-state index in [1.54, 1.807) is 0 Å². The Kier molecular flexibility index (Phi) is 2.95. The zero-order valence-electron chi connectivity index (χ0n) is 8.20. The van der Waals surface area contributed by atoms with E-state index in [9.17, 15) is 9.18 Å². The molecule has 0 bridgehead atoms. The summed E-state index contributed by atoms with van der Waals surface area (Å²) in [5.41, 5.74) is 4.48. The summed E-state index contributed by atoms with van der Waals surface area (Å²) in [6.45, 7) is 1.35. The van der Waals surface area contributed by atoms with Crippen molar-refractivity contribution in [2.24, 2.45) is 5.73 Å². The highest BCUT2D eigenvalue weighted by Gasteiger charge is 2.28.